The average molecular weight is 361 g/mol. The molecule has 1 spiro atoms. The Kier molecular flexibility index (Phi) is 5.25. The van der Waals surface area contributed by atoms with Gasteiger partial charge in [0.15, 0.2) is 11.5 Å². The number of hydrogen-bond donors (Lipinski definition) is 2. The maximum atomic E-state index is 12.6. The van der Waals surface area contributed by atoms with E-state index in [2.05, 4.69) is 10.6 Å². The number of urea groups is 1. The van der Waals surface area contributed by atoms with Crippen molar-refractivity contribution in [3.8, 4) is 11.5 Å². The minimum Gasteiger partial charge on any atom is -0.493 e. The van der Waals surface area contributed by atoms with Crippen LogP contribution >= 0.6 is 0 Å². The fraction of sp³-hybridized carbons (Fsp3) is 0.579. The van der Waals surface area contributed by atoms with Crippen molar-refractivity contribution < 1.29 is 19.1 Å². The van der Waals surface area contributed by atoms with Crippen LogP contribution in [-0.2, 0) is 4.79 Å². The van der Waals surface area contributed by atoms with Gasteiger partial charge in [0.2, 0.25) is 5.91 Å². The van der Waals surface area contributed by atoms with Crippen molar-refractivity contribution in [2.75, 3.05) is 33.9 Å². The molecule has 0 aromatic heterocycles. The lowest BCUT2D eigenvalue weighted by molar-refractivity contribution is -0.119. The molecule has 2 aliphatic rings. The first-order chi connectivity index (χ1) is 12.5. The maximum Gasteiger partial charge on any atom is 0.317 e. The van der Waals surface area contributed by atoms with E-state index in [1.54, 1.807) is 14.2 Å². The van der Waals surface area contributed by atoms with Crippen LogP contribution in [-0.4, -0.2) is 50.7 Å². The second kappa shape index (κ2) is 7.43. The predicted molar refractivity (Wildman–Crippen MR) is 97.4 cm³/mol. The fourth-order valence-electron chi connectivity index (χ4n) is 3.77. The van der Waals surface area contributed by atoms with Crippen molar-refractivity contribution in [2.45, 2.75) is 32.2 Å². The monoisotopic (exact) mass is 361 g/mol. The highest BCUT2D eigenvalue weighted by Crippen LogP contribution is 2.37. The first-order valence-electron chi connectivity index (χ1n) is 9.00. The fourth-order valence-corrected chi connectivity index (χ4v) is 3.77. The van der Waals surface area contributed by atoms with Gasteiger partial charge in [-0.2, -0.15) is 0 Å². The molecule has 1 atom stereocenters. The standard InChI is InChI=1S/C19H27N3O4/c1-13(14-4-5-15(25-2)16(10-14)26-3)21-18(24)22-8-6-19(7-9-22)11-17(23)20-12-19/h4-5,10,13H,6-9,11-12H2,1-3H3,(H,20,23)(H,21,24)/t13-/m1/s1. The van der Waals surface area contributed by atoms with Gasteiger partial charge >= 0.3 is 6.03 Å². The Balaban J connectivity index is 1.57. The quantitative estimate of drug-likeness (QED) is 0.860. The lowest BCUT2D eigenvalue weighted by Gasteiger charge is -2.38. The molecular formula is C19H27N3O4. The summed E-state index contributed by atoms with van der Waals surface area (Å²) in [7, 11) is 3.19. The van der Waals surface area contributed by atoms with Crippen LogP contribution in [0.5, 0.6) is 11.5 Å². The third-order valence-corrected chi connectivity index (χ3v) is 5.56. The van der Waals surface area contributed by atoms with Crippen LogP contribution < -0.4 is 20.1 Å². The van der Waals surface area contributed by atoms with Crippen LogP contribution in [0.3, 0.4) is 0 Å². The molecule has 2 saturated heterocycles. The van der Waals surface area contributed by atoms with Crippen LogP contribution in [0.4, 0.5) is 4.79 Å². The van der Waals surface area contributed by atoms with Crippen LogP contribution in [0.1, 0.15) is 37.8 Å². The summed E-state index contributed by atoms with van der Waals surface area (Å²) in [6, 6.07) is 5.43. The van der Waals surface area contributed by atoms with E-state index in [-0.39, 0.29) is 23.4 Å². The lowest BCUT2D eigenvalue weighted by atomic mass is 9.78. The number of amides is 3. The molecule has 7 heteroatoms. The van der Waals surface area contributed by atoms with Crippen molar-refractivity contribution in [3.05, 3.63) is 23.8 Å². The Bertz CT molecular complexity index is 683. The number of benzene rings is 1. The van der Waals surface area contributed by atoms with Gasteiger partial charge in [0.05, 0.1) is 20.3 Å². The minimum absolute atomic E-state index is 0.0445. The summed E-state index contributed by atoms with van der Waals surface area (Å²) >= 11 is 0. The van der Waals surface area contributed by atoms with E-state index in [0.717, 1.165) is 24.9 Å². The van der Waals surface area contributed by atoms with Gasteiger partial charge in [-0.25, -0.2) is 4.79 Å². The minimum atomic E-state index is -0.145. The number of carbonyl (C=O) groups is 2. The molecule has 2 heterocycles. The molecule has 142 valence electrons. The highest BCUT2D eigenvalue weighted by atomic mass is 16.5. The normalized spacial score (nSPS) is 19.8. The molecule has 0 saturated carbocycles. The molecule has 3 amide bonds. The van der Waals surface area contributed by atoms with Crippen LogP contribution in [0.25, 0.3) is 0 Å². The van der Waals surface area contributed by atoms with E-state index in [1.165, 1.54) is 0 Å². The SMILES string of the molecule is COc1ccc([C@@H](C)NC(=O)N2CCC3(CC2)CNC(=O)C3)cc1OC. The van der Waals surface area contributed by atoms with Gasteiger partial charge in [-0.1, -0.05) is 6.07 Å². The maximum absolute atomic E-state index is 12.6. The number of rotatable bonds is 4. The third-order valence-electron chi connectivity index (χ3n) is 5.56. The second-order valence-electron chi connectivity index (χ2n) is 7.23. The van der Waals surface area contributed by atoms with Crippen LogP contribution in [0.2, 0.25) is 0 Å². The van der Waals surface area contributed by atoms with Crippen LogP contribution in [0.15, 0.2) is 18.2 Å². The smallest absolute Gasteiger partial charge is 0.317 e. The van der Waals surface area contributed by atoms with Gasteiger partial charge in [0.25, 0.3) is 0 Å². The topological polar surface area (TPSA) is 79.9 Å². The molecule has 7 nitrogen and oxygen atoms in total. The number of carbonyl (C=O) groups excluding carboxylic acids is 2. The summed E-state index contributed by atoms with van der Waals surface area (Å²) in [4.78, 5) is 26.0. The molecule has 2 N–H and O–H groups in total. The van der Waals surface area contributed by atoms with Gasteiger partial charge in [0, 0.05) is 26.1 Å². The van der Waals surface area contributed by atoms with Gasteiger partial charge in [-0.15, -0.1) is 0 Å². The van der Waals surface area contributed by atoms with Crippen molar-refractivity contribution in [2.24, 2.45) is 5.41 Å². The zero-order valence-corrected chi connectivity index (χ0v) is 15.6. The Labute approximate surface area is 154 Å². The van der Waals surface area contributed by atoms with Crippen molar-refractivity contribution in [1.82, 2.24) is 15.5 Å². The molecule has 0 unspecified atom stereocenters. The molecule has 3 rings (SSSR count). The highest BCUT2D eigenvalue weighted by molar-refractivity contribution is 5.79. The average Bonchev–Trinajstić information content (AvgIpc) is 3.01. The van der Waals surface area contributed by atoms with Gasteiger partial charge < -0.3 is 25.0 Å². The second-order valence-corrected chi connectivity index (χ2v) is 7.23. The molecular weight excluding hydrogens is 334 g/mol. The number of hydrogen-bond acceptors (Lipinski definition) is 4. The zero-order valence-electron chi connectivity index (χ0n) is 15.6. The molecule has 0 aliphatic carbocycles. The number of piperidine rings is 1. The molecule has 2 fully saturated rings. The van der Waals surface area contributed by atoms with Gasteiger partial charge in [-0.05, 0) is 42.9 Å². The Morgan fingerprint density at radius 3 is 2.50 bits per heavy atom. The lowest BCUT2D eigenvalue weighted by Crippen LogP contribution is -2.48. The van der Waals surface area contributed by atoms with E-state index in [1.807, 2.05) is 30.0 Å². The number of ether oxygens (including phenoxy) is 2. The van der Waals surface area contributed by atoms with E-state index in [9.17, 15) is 9.59 Å². The summed E-state index contributed by atoms with van der Waals surface area (Å²) in [6.07, 6.45) is 2.32. The zero-order chi connectivity index (χ0) is 18.7. The summed E-state index contributed by atoms with van der Waals surface area (Å²) in [5, 5.41) is 5.97. The Hall–Kier alpha value is -2.44. The van der Waals surface area contributed by atoms with Crippen molar-refractivity contribution >= 4 is 11.9 Å². The Morgan fingerprint density at radius 2 is 1.92 bits per heavy atom. The molecule has 26 heavy (non-hydrogen) atoms. The van der Waals surface area contributed by atoms with E-state index in [0.29, 0.717) is 31.0 Å². The number of methoxy groups -OCH3 is 2. The molecule has 1 aromatic rings. The first-order valence-corrected chi connectivity index (χ1v) is 9.00. The predicted octanol–water partition coefficient (Wildman–Crippen LogP) is 2.08. The summed E-state index contributed by atoms with van der Waals surface area (Å²) in [5.41, 5.74) is 0.998. The summed E-state index contributed by atoms with van der Waals surface area (Å²) in [5.74, 6) is 1.44. The van der Waals surface area contributed by atoms with Gasteiger partial charge in [0.1, 0.15) is 0 Å². The van der Waals surface area contributed by atoms with E-state index in [4.69, 9.17) is 9.47 Å². The Morgan fingerprint density at radius 1 is 1.23 bits per heavy atom. The third kappa shape index (κ3) is 3.71. The number of likely N-dealkylation sites (tertiary alicyclic amines) is 1. The molecule has 0 radical (unpaired) electrons. The van der Waals surface area contributed by atoms with Crippen molar-refractivity contribution in [3.63, 3.8) is 0 Å². The summed E-state index contributed by atoms with van der Waals surface area (Å²) in [6.45, 7) is 4.05. The first kappa shape index (κ1) is 18.4. The number of nitrogens with one attached hydrogen (secondary N) is 2. The molecule has 2 aliphatic heterocycles. The van der Waals surface area contributed by atoms with E-state index >= 15 is 0 Å². The van der Waals surface area contributed by atoms with Gasteiger partial charge in [-0.3, -0.25) is 4.79 Å². The highest BCUT2D eigenvalue weighted by Gasteiger charge is 2.41. The largest absolute Gasteiger partial charge is 0.493 e. The van der Waals surface area contributed by atoms with E-state index < -0.39 is 0 Å². The molecule has 0 bridgehead atoms. The molecule has 1 aromatic carbocycles. The van der Waals surface area contributed by atoms with Crippen molar-refractivity contribution in [1.29, 1.82) is 0 Å². The van der Waals surface area contributed by atoms with Crippen LogP contribution in [0, 0.1) is 5.41 Å². The summed E-state index contributed by atoms with van der Waals surface area (Å²) < 4.78 is 10.6. The number of nitrogens with zero attached hydrogens (tertiary/aromatic N) is 1.